The minimum atomic E-state index is 0.175. The number of ether oxygens (including phenoxy) is 1. The summed E-state index contributed by atoms with van der Waals surface area (Å²) in [5.74, 6) is 0.949. The van der Waals surface area contributed by atoms with Crippen LogP contribution in [0.1, 0.15) is 30.4 Å². The van der Waals surface area contributed by atoms with Crippen molar-refractivity contribution >= 4 is 17.9 Å². The third-order valence-corrected chi connectivity index (χ3v) is 2.95. The highest BCUT2D eigenvalue weighted by molar-refractivity contribution is 6.31. The second-order valence-electron chi connectivity index (χ2n) is 3.63. The summed E-state index contributed by atoms with van der Waals surface area (Å²) in [6.07, 6.45) is 1.42. The Morgan fingerprint density at radius 2 is 2.20 bits per heavy atom. The summed E-state index contributed by atoms with van der Waals surface area (Å²) in [6.45, 7) is 3.91. The summed E-state index contributed by atoms with van der Waals surface area (Å²) in [5, 5.41) is 0.682. The van der Waals surface area contributed by atoms with Gasteiger partial charge in [0.1, 0.15) is 12.0 Å². The summed E-state index contributed by atoms with van der Waals surface area (Å²) < 4.78 is 5.22. The highest BCUT2D eigenvalue weighted by Gasteiger charge is 2.10. The minimum absolute atomic E-state index is 0.175. The number of rotatable bonds is 4. The number of hydrogen-bond donors (Lipinski definition) is 0. The van der Waals surface area contributed by atoms with Gasteiger partial charge in [-0.25, -0.2) is 0 Å². The summed E-state index contributed by atoms with van der Waals surface area (Å²) in [6, 6.07) is 3.84. The van der Waals surface area contributed by atoms with Crippen LogP contribution in [-0.4, -0.2) is 13.4 Å². The van der Waals surface area contributed by atoms with Crippen LogP contribution in [0.4, 0.5) is 0 Å². The molecule has 0 amide bonds. The van der Waals surface area contributed by atoms with E-state index in [1.807, 2.05) is 26.0 Å². The number of hydrogen-bond acceptors (Lipinski definition) is 2. The van der Waals surface area contributed by atoms with E-state index in [-0.39, 0.29) is 5.92 Å². The molecule has 1 unspecified atom stereocenters. The lowest BCUT2D eigenvalue weighted by Gasteiger charge is -2.13. The quantitative estimate of drug-likeness (QED) is 0.736. The molecule has 0 bridgehead atoms. The normalized spacial score (nSPS) is 12.3. The molecular formula is C12H15ClO2. The molecule has 0 aliphatic heterocycles. The van der Waals surface area contributed by atoms with Gasteiger partial charge in [0.25, 0.3) is 0 Å². The van der Waals surface area contributed by atoms with Crippen LogP contribution in [-0.2, 0) is 4.79 Å². The summed E-state index contributed by atoms with van der Waals surface area (Å²) in [5.41, 5.74) is 1.97. The van der Waals surface area contributed by atoms with Crippen molar-refractivity contribution in [1.82, 2.24) is 0 Å². The van der Waals surface area contributed by atoms with Crippen molar-refractivity contribution in [3.8, 4) is 5.75 Å². The molecular weight excluding hydrogens is 212 g/mol. The first-order valence-corrected chi connectivity index (χ1v) is 5.25. The molecule has 0 fully saturated rings. The fraction of sp³-hybridized carbons (Fsp3) is 0.417. The summed E-state index contributed by atoms with van der Waals surface area (Å²) in [4.78, 5) is 10.4. The van der Waals surface area contributed by atoms with Gasteiger partial charge in [0.2, 0.25) is 0 Å². The number of methoxy groups -OCH3 is 1. The molecule has 0 saturated heterocycles. The van der Waals surface area contributed by atoms with Gasteiger partial charge in [0.05, 0.1) is 7.11 Å². The molecule has 0 aliphatic rings. The van der Waals surface area contributed by atoms with Crippen molar-refractivity contribution in [3.05, 3.63) is 28.3 Å². The van der Waals surface area contributed by atoms with E-state index in [4.69, 9.17) is 16.3 Å². The van der Waals surface area contributed by atoms with Crippen molar-refractivity contribution in [2.45, 2.75) is 26.2 Å². The predicted molar refractivity (Wildman–Crippen MR) is 61.8 cm³/mol. The molecule has 0 N–H and O–H groups in total. The van der Waals surface area contributed by atoms with E-state index in [0.29, 0.717) is 11.4 Å². The molecule has 1 aromatic rings. The van der Waals surface area contributed by atoms with Crippen LogP contribution in [0.2, 0.25) is 5.02 Å². The first kappa shape index (κ1) is 12.1. The third-order valence-electron chi connectivity index (χ3n) is 2.56. The second kappa shape index (κ2) is 5.17. The zero-order valence-electron chi connectivity index (χ0n) is 9.21. The van der Waals surface area contributed by atoms with E-state index in [2.05, 4.69) is 0 Å². The van der Waals surface area contributed by atoms with E-state index in [1.165, 1.54) is 0 Å². The van der Waals surface area contributed by atoms with E-state index < -0.39 is 0 Å². The Morgan fingerprint density at radius 1 is 1.53 bits per heavy atom. The number of benzene rings is 1. The molecule has 0 heterocycles. The Labute approximate surface area is 95.2 Å². The zero-order valence-corrected chi connectivity index (χ0v) is 9.97. The first-order chi connectivity index (χ1) is 7.10. The van der Waals surface area contributed by atoms with Crippen LogP contribution in [0, 0.1) is 6.92 Å². The Hall–Kier alpha value is -1.02. The van der Waals surface area contributed by atoms with Crippen LogP contribution in [0.25, 0.3) is 0 Å². The zero-order chi connectivity index (χ0) is 11.4. The largest absolute Gasteiger partial charge is 0.496 e. The molecule has 0 saturated carbocycles. The maximum Gasteiger partial charge on any atom is 0.123 e. The third kappa shape index (κ3) is 2.72. The monoisotopic (exact) mass is 226 g/mol. The number of carbonyl (C=O) groups excluding carboxylic acids is 1. The highest BCUT2D eigenvalue weighted by atomic mass is 35.5. The van der Waals surface area contributed by atoms with Gasteiger partial charge < -0.3 is 9.53 Å². The second-order valence-corrected chi connectivity index (χ2v) is 4.04. The Kier molecular flexibility index (Phi) is 4.15. The molecule has 3 heteroatoms. The SMILES string of the molecule is COc1cc(C(C)CC=O)cc(Cl)c1C. The van der Waals surface area contributed by atoms with E-state index in [9.17, 15) is 4.79 Å². The maximum absolute atomic E-state index is 10.4. The molecule has 2 nitrogen and oxygen atoms in total. The number of halogens is 1. The Morgan fingerprint density at radius 3 is 2.73 bits per heavy atom. The average Bonchev–Trinajstić information content (AvgIpc) is 2.22. The highest BCUT2D eigenvalue weighted by Crippen LogP contribution is 2.31. The minimum Gasteiger partial charge on any atom is -0.496 e. The van der Waals surface area contributed by atoms with Gasteiger partial charge >= 0.3 is 0 Å². The van der Waals surface area contributed by atoms with Gasteiger partial charge in [-0.15, -0.1) is 0 Å². The van der Waals surface area contributed by atoms with Crippen LogP contribution in [0.3, 0.4) is 0 Å². The fourth-order valence-electron chi connectivity index (χ4n) is 1.45. The van der Waals surface area contributed by atoms with Gasteiger partial charge in [0.15, 0.2) is 0 Å². The van der Waals surface area contributed by atoms with Gasteiger partial charge in [-0.05, 0) is 30.5 Å². The van der Waals surface area contributed by atoms with Gasteiger partial charge in [0, 0.05) is 17.0 Å². The molecule has 82 valence electrons. The summed E-state index contributed by atoms with van der Waals surface area (Å²) >= 11 is 6.07. The molecule has 0 aliphatic carbocycles. The molecule has 1 atom stereocenters. The van der Waals surface area contributed by atoms with Gasteiger partial charge in [-0.2, -0.15) is 0 Å². The molecule has 0 radical (unpaired) electrons. The van der Waals surface area contributed by atoms with Crippen molar-refractivity contribution in [1.29, 1.82) is 0 Å². The van der Waals surface area contributed by atoms with E-state index in [1.54, 1.807) is 7.11 Å². The molecule has 0 aromatic heterocycles. The smallest absolute Gasteiger partial charge is 0.123 e. The van der Waals surface area contributed by atoms with Gasteiger partial charge in [-0.1, -0.05) is 18.5 Å². The lowest BCUT2D eigenvalue weighted by atomic mass is 9.97. The average molecular weight is 227 g/mol. The van der Waals surface area contributed by atoms with Gasteiger partial charge in [-0.3, -0.25) is 0 Å². The lowest BCUT2D eigenvalue weighted by molar-refractivity contribution is -0.108. The molecule has 15 heavy (non-hydrogen) atoms. The fourth-order valence-corrected chi connectivity index (χ4v) is 1.67. The molecule has 1 rings (SSSR count). The lowest BCUT2D eigenvalue weighted by Crippen LogP contribution is -1.97. The summed E-state index contributed by atoms with van der Waals surface area (Å²) in [7, 11) is 1.62. The van der Waals surface area contributed by atoms with Crippen molar-refractivity contribution in [2.24, 2.45) is 0 Å². The van der Waals surface area contributed by atoms with Crippen LogP contribution < -0.4 is 4.74 Å². The maximum atomic E-state index is 10.4. The van der Waals surface area contributed by atoms with Crippen molar-refractivity contribution in [2.75, 3.05) is 7.11 Å². The molecule has 0 spiro atoms. The number of aldehydes is 1. The van der Waals surface area contributed by atoms with E-state index in [0.717, 1.165) is 23.2 Å². The van der Waals surface area contributed by atoms with Crippen LogP contribution in [0.5, 0.6) is 5.75 Å². The number of carbonyl (C=O) groups is 1. The standard InChI is InChI=1S/C12H15ClO2/c1-8(4-5-14)10-6-11(13)9(2)12(7-10)15-3/h5-8H,4H2,1-3H3. The molecule has 1 aromatic carbocycles. The van der Waals surface area contributed by atoms with Crippen LogP contribution in [0.15, 0.2) is 12.1 Å². The Balaban J connectivity index is 3.10. The first-order valence-electron chi connectivity index (χ1n) is 4.87. The Bertz CT molecular complexity index is 361. The van der Waals surface area contributed by atoms with Crippen molar-refractivity contribution < 1.29 is 9.53 Å². The van der Waals surface area contributed by atoms with Crippen molar-refractivity contribution in [3.63, 3.8) is 0 Å². The van der Waals surface area contributed by atoms with Crippen LogP contribution >= 0.6 is 11.6 Å². The predicted octanol–water partition coefficient (Wildman–Crippen LogP) is 3.35. The topological polar surface area (TPSA) is 26.3 Å². The van der Waals surface area contributed by atoms with E-state index >= 15 is 0 Å².